The molecule has 0 aliphatic heterocycles. The van der Waals surface area contributed by atoms with Gasteiger partial charge in [0.25, 0.3) is 0 Å². The van der Waals surface area contributed by atoms with Crippen LogP contribution in [0.25, 0.3) is 0 Å². The molecule has 1 aromatic rings. The third-order valence-electron chi connectivity index (χ3n) is 2.14. The molecule has 0 saturated carbocycles. The fourth-order valence-corrected chi connectivity index (χ4v) is 1.32. The Kier molecular flexibility index (Phi) is 5.86. The van der Waals surface area contributed by atoms with Gasteiger partial charge >= 0.3 is 0 Å². The molecule has 0 unspecified atom stereocenters. The van der Waals surface area contributed by atoms with Gasteiger partial charge in [-0.1, -0.05) is 0 Å². The van der Waals surface area contributed by atoms with E-state index in [0.717, 1.165) is 5.69 Å². The molecule has 0 atom stereocenters. The van der Waals surface area contributed by atoms with E-state index in [2.05, 4.69) is 11.4 Å². The Morgan fingerprint density at radius 3 is 2.88 bits per heavy atom. The SMILES string of the molecule is COc1ccc(C#N)c(NCCOCCO)c1. The van der Waals surface area contributed by atoms with Crippen molar-refractivity contribution >= 4 is 5.69 Å². The number of methoxy groups -OCH3 is 1. The van der Waals surface area contributed by atoms with E-state index in [-0.39, 0.29) is 6.61 Å². The van der Waals surface area contributed by atoms with Crippen LogP contribution in [0.3, 0.4) is 0 Å². The number of nitrogens with zero attached hydrogens (tertiary/aromatic N) is 1. The van der Waals surface area contributed by atoms with Gasteiger partial charge in [-0.25, -0.2) is 0 Å². The number of anilines is 1. The normalized spacial score (nSPS) is 9.71. The average Bonchev–Trinajstić information content (AvgIpc) is 2.38. The largest absolute Gasteiger partial charge is 0.497 e. The molecule has 0 aromatic heterocycles. The van der Waals surface area contributed by atoms with Crippen molar-refractivity contribution in [2.75, 3.05) is 38.8 Å². The van der Waals surface area contributed by atoms with E-state index in [1.54, 1.807) is 25.3 Å². The van der Waals surface area contributed by atoms with Gasteiger partial charge in [-0.15, -0.1) is 0 Å². The van der Waals surface area contributed by atoms with E-state index in [9.17, 15) is 0 Å². The number of aliphatic hydroxyl groups excluding tert-OH is 1. The molecule has 17 heavy (non-hydrogen) atoms. The summed E-state index contributed by atoms with van der Waals surface area (Å²) >= 11 is 0. The predicted octanol–water partition coefficient (Wildman–Crippen LogP) is 0.988. The lowest BCUT2D eigenvalue weighted by atomic mass is 10.2. The van der Waals surface area contributed by atoms with Gasteiger partial charge in [0.15, 0.2) is 0 Å². The first-order chi connectivity index (χ1) is 8.31. The third-order valence-corrected chi connectivity index (χ3v) is 2.14. The van der Waals surface area contributed by atoms with Crippen molar-refractivity contribution in [1.29, 1.82) is 5.26 Å². The molecule has 5 nitrogen and oxygen atoms in total. The zero-order chi connectivity index (χ0) is 12.5. The van der Waals surface area contributed by atoms with Crippen molar-refractivity contribution < 1.29 is 14.6 Å². The van der Waals surface area contributed by atoms with Crippen LogP contribution in [0.2, 0.25) is 0 Å². The minimum Gasteiger partial charge on any atom is -0.497 e. The van der Waals surface area contributed by atoms with Gasteiger partial charge in [0, 0.05) is 12.6 Å². The van der Waals surface area contributed by atoms with Crippen LogP contribution in [0, 0.1) is 11.3 Å². The van der Waals surface area contributed by atoms with Gasteiger partial charge in [0.1, 0.15) is 11.8 Å². The summed E-state index contributed by atoms with van der Waals surface area (Å²) in [4.78, 5) is 0. The number of hydrogen-bond acceptors (Lipinski definition) is 5. The van der Waals surface area contributed by atoms with Crippen molar-refractivity contribution in [2.45, 2.75) is 0 Å². The Morgan fingerprint density at radius 1 is 1.41 bits per heavy atom. The van der Waals surface area contributed by atoms with Crippen molar-refractivity contribution in [3.63, 3.8) is 0 Å². The molecule has 0 aliphatic rings. The van der Waals surface area contributed by atoms with Crippen molar-refractivity contribution in [3.8, 4) is 11.8 Å². The van der Waals surface area contributed by atoms with Crippen LogP contribution < -0.4 is 10.1 Å². The molecule has 1 aromatic carbocycles. The zero-order valence-corrected chi connectivity index (χ0v) is 9.77. The maximum absolute atomic E-state index is 8.93. The Morgan fingerprint density at radius 2 is 2.24 bits per heavy atom. The quantitative estimate of drug-likeness (QED) is 0.690. The molecular weight excluding hydrogens is 220 g/mol. The minimum atomic E-state index is 0.0165. The van der Waals surface area contributed by atoms with Gasteiger partial charge < -0.3 is 19.9 Å². The van der Waals surface area contributed by atoms with Crippen molar-refractivity contribution in [1.82, 2.24) is 0 Å². The molecule has 92 valence electrons. The van der Waals surface area contributed by atoms with Gasteiger partial charge in [0.2, 0.25) is 0 Å². The first kappa shape index (κ1) is 13.3. The molecule has 0 spiro atoms. The summed E-state index contributed by atoms with van der Waals surface area (Å²) in [5.74, 6) is 0.697. The van der Waals surface area contributed by atoms with Crippen molar-refractivity contribution in [2.24, 2.45) is 0 Å². The topological polar surface area (TPSA) is 74.5 Å². The second-order valence-corrected chi connectivity index (χ2v) is 3.29. The first-order valence-electron chi connectivity index (χ1n) is 5.32. The summed E-state index contributed by atoms with van der Waals surface area (Å²) in [5.41, 5.74) is 1.28. The summed E-state index contributed by atoms with van der Waals surface area (Å²) in [5, 5.41) is 20.5. The molecule has 0 radical (unpaired) electrons. The van der Waals surface area contributed by atoms with E-state index in [1.165, 1.54) is 0 Å². The van der Waals surface area contributed by atoms with Gasteiger partial charge in [0.05, 0.1) is 38.2 Å². The number of nitriles is 1. The number of benzene rings is 1. The Labute approximate surface area is 101 Å². The number of hydrogen-bond donors (Lipinski definition) is 2. The number of aliphatic hydroxyl groups is 1. The lowest BCUT2D eigenvalue weighted by Crippen LogP contribution is -2.12. The minimum absolute atomic E-state index is 0.0165. The van der Waals surface area contributed by atoms with Gasteiger partial charge in [-0.3, -0.25) is 0 Å². The monoisotopic (exact) mass is 236 g/mol. The van der Waals surface area contributed by atoms with Crippen LogP contribution in [0.15, 0.2) is 18.2 Å². The zero-order valence-electron chi connectivity index (χ0n) is 9.77. The van der Waals surface area contributed by atoms with Crippen LogP contribution in [-0.2, 0) is 4.74 Å². The van der Waals surface area contributed by atoms with Crippen LogP contribution in [0.1, 0.15) is 5.56 Å². The maximum Gasteiger partial charge on any atom is 0.121 e. The molecule has 0 fully saturated rings. The number of nitrogens with one attached hydrogen (secondary N) is 1. The highest BCUT2D eigenvalue weighted by Gasteiger charge is 2.03. The fourth-order valence-electron chi connectivity index (χ4n) is 1.32. The molecule has 5 heteroatoms. The van der Waals surface area contributed by atoms with E-state index in [4.69, 9.17) is 19.8 Å². The second-order valence-electron chi connectivity index (χ2n) is 3.29. The molecule has 0 aliphatic carbocycles. The van der Waals surface area contributed by atoms with E-state index >= 15 is 0 Å². The van der Waals surface area contributed by atoms with E-state index in [0.29, 0.717) is 31.1 Å². The molecular formula is C12H16N2O3. The Balaban J connectivity index is 2.53. The molecule has 0 saturated heterocycles. The molecule has 0 amide bonds. The lowest BCUT2D eigenvalue weighted by Gasteiger charge is -2.10. The maximum atomic E-state index is 8.93. The number of rotatable bonds is 7. The average molecular weight is 236 g/mol. The summed E-state index contributed by atoms with van der Waals surface area (Å²) < 4.78 is 10.2. The smallest absolute Gasteiger partial charge is 0.121 e. The Hall–Kier alpha value is -1.77. The summed E-state index contributed by atoms with van der Waals surface area (Å²) in [6, 6.07) is 7.31. The number of ether oxygens (including phenoxy) is 2. The summed E-state index contributed by atoms with van der Waals surface area (Å²) in [6.45, 7) is 1.39. The summed E-state index contributed by atoms with van der Waals surface area (Å²) in [7, 11) is 1.58. The highest BCUT2D eigenvalue weighted by atomic mass is 16.5. The molecule has 0 bridgehead atoms. The Bertz CT molecular complexity index is 388. The fraction of sp³-hybridized carbons (Fsp3) is 0.417. The standard InChI is InChI=1S/C12H16N2O3/c1-16-11-3-2-10(9-13)12(8-11)14-4-6-17-7-5-15/h2-3,8,14-15H,4-7H2,1H3. The van der Waals surface area contributed by atoms with Crippen LogP contribution in [0.5, 0.6) is 5.75 Å². The van der Waals surface area contributed by atoms with E-state index in [1.807, 2.05) is 0 Å². The highest BCUT2D eigenvalue weighted by molar-refractivity contribution is 5.60. The van der Waals surface area contributed by atoms with Gasteiger partial charge in [-0.05, 0) is 12.1 Å². The molecule has 2 N–H and O–H groups in total. The highest BCUT2D eigenvalue weighted by Crippen LogP contribution is 2.21. The van der Waals surface area contributed by atoms with Gasteiger partial charge in [-0.2, -0.15) is 5.26 Å². The predicted molar refractivity (Wildman–Crippen MR) is 64.1 cm³/mol. The van der Waals surface area contributed by atoms with Crippen LogP contribution in [-0.4, -0.2) is 38.6 Å². The van der Waals surface area contributed by atoms with Crippen LogP contribution >= 0.6 is 0 Å². The summed E-state index contributed by atoms with van der Waals surface area (Å²) in [6.07, 6.45) is 0. The molecule has 0 heterocycles. The van der Waals surface area contributed by atoms with Crippen molar-refractivity contribution in [3.05, 3.63) is 23.8 Å². The lowest BCUT2D eigenvalue weighted by molar-refractivity contribution is 0.0992. The second kappa shape index (κ2) is 7.49. The van der Waals surface area contributed by atoms with E-state index < -0.39 is 0 Å². The van der Waals surface area contributed by atoms with Crippen LogP contribution in [0.4, 0.5) is 5.69 Å². The first-order valence-corrected chi connectivity index (χ1v) is 5.32. The molecule has 1 rings (SSSR count). The third kappa shape index (κ3) is 4.31.